The Morgan fingerprint density at radius 3 is 2.56 bits per heavy atom. The van der Waals surface area contributed by atoms with E-state index in [1.165, 1.54) is 6.07 Å². The smallest absolute Gasteiger partial charge is 0.306 e. The summed E-state index contributed by atoms with van der Waals surface area (Å²) in [5.74, 6) is -1.28. The van der Waals surface area contributed by atoms with E-state index in [0.717, 1.165) is 5.56 Å². The summed E-state index contributed by atoms with van der Waals surface area (Å²) in [6.07, 6.45) is 0.120. The number of halogens is 2. The summed E-state index contributed by atoms with van der Waals surface area (Å²) in [7, 11) is 0. The van der Waals surface area contributed by atoms with Crippen molar-refractivity contribution in [3.8, 4) is 0 Å². The maximum atomic E-state index is 14.6. The Hall–Kier alpha value is -3.51. The van der Waals surface area contributed by atoms with E-state index in [1.54, 1.807) is 36.4 Å². The van der Waals surface area contributed by atoms with Crippen molar-refractivity contribution in [3.05, 3.63) is 100 Å². The zero-order chi connectivity index (χ0) is 22.5. The van der Waals surface area contributed by atoms with E-state index >= 15 is 0 Å². The molecule has 0 radical (unpaired) electrons. The van der Waals surface area contributed by atoms with Crippen molar-refractivity contribution in [2.24, 2.45) is 4.99 Å². The van der Waals surface area contributed by atoms with E-state index in [9.17, 15) is 14.0 Å². The van der Waals surface area contributed by atoms with Crippen molar-refractivity contribution in [1.29, 1.82) is 0 Å². The van der Waals surface area contributed by atoms with Gasteiger partial charge in [-0.3, -0.25) is 14.6 Å². The van der Waals surface area contributed by atoms with Gasteiger partial charge < -0.3 is 10.1 Å². The zero-order valence-corrected chi connectivity index (χ0v) is 17.8. The van der Waals surface area contributed by atoms with Gasteiger partial charge in [-0.15, -0.1) is 0 Å². The monoisotopic (exact) mass is 450 g/mol. The van der Waals surface area contributed by atoms with Gasteiger partial charge in [-0.2, -0.15) is 0 Å². The number of fused-ring (bicyclic) bond motifs is 1. The Kier molecular flexibility index (Phi) is 6.61. The van der Waals surface area contributed by atoms with Gasteiger partial charge >= 0.3 is 5.97 Å². The van der Waals surface area contributed by atoms with Crippen molar-refractivity contribution >= 4 is 34.9 Å². The van der Waals surface area contributed by atoms with Crippen LogP contribution in [0.2, 0.25) is 5.02 Å². The van der Waals surface area contributed by atoms with Crippen LogP contribution in [0.25, 0.3) is 0 Å². The molecule has 0 saturated heterocycles. The maximum Gasteiger partial charge on any atom is 0.306 e. The molecule has 1 aliphatic heterocycles. The van der Waals surface area contributed by atoms with Crippen LogP contribution >= 0.6 is 11.6 Å². The molecular weight excluding hydrogens is 431 g/mol. The molecule has 0 bridgehead atoms. The van der Waals surface area contributed by atoms with Crippen LogP contribution in [0.1, 0.15) is 29.5 Å². The van der Waals surface area contributed by atoms with Gasteiger partial charge in [0, 0.05) is 22.6 Å². The standard InChI is InChI=1S/C25H20ClFN2O3/c26-17-10-11-21-19(14-17)24(18-8-4-5-9-20(18)27)28-22(25(31)29-21)12-13-23(30)32-15-16-6-2-1-3-7-16/h1-11,14,22H,12-13,15H2,(H,29,31)/t22-/m0/s1. The van der Waals surface area contributed by atoms with E-state index < -0.39 is 17.8 Å². The van der Waals surface area contributed by atoms with E-state index in [2.05, 4.69) is 10.3 Å². The molecule has 1 aliphatic rings. The first-order valence-electron chi connectivity index (χ1n) is 10.1. The first kappa shape index (κ1) is 21.7. The third-order valence-corrected chi connectivity index (χ3v) is 5.31. The number of benzodiazepines with no additional fused rings is 1. The molecular formula is C25H20ClFN2O3. The molecule has 0 fully saturated rings. The molecule has 0 saturated carbocycles. The predicted molar refractivity (Wildman–Crippen MR) is 121 cm³/mol. The number of esters is 1. The number of hydrogen-bond donors (Lipinski definition) is 1. The summed E-state index contributed by atoms with van der Waals surface area (Å²) >= 11 is 6.16. The van der Waals surface area contributed by atoms with Gasteiger partial charge in [-0.25, -0.2) is 4.39 Å². The molecule has 0 aliphatic carbocycles. The van der Waals surface area contributed by atoms with Gasteiger partial charge in [-0.1, -0.05) is 54.1 Å². The van der Waals surface area contributed by atoms with Gasteiger partial charge in [0.15, 0.2) is 0 Å². The number of hydrogen-bond acceptors (Lipinski definition) is 4. The number of ether oxygens (including phenoxy) is 1. The second-order valence-electron chi connectivity index (χ2n) is 7.34. The lowest BCUT2D eigenvalue weighted by molar-refractivity contribution is -0.145. The van der Waals surface area contributed by atoms with Gasteiger partial charge in [0.25, 0.3) is 0 Å². The number of nitrogens with one attached hydrogen (secondary N) is 1. The van der Waals surface area contributed by atoms with Crippen LogP contribution in [0.15, 0.2) is 77.8 Å². The number of amides is 1. The minimum absolute atomic E-state index is 0.00390. The quantitative estimate of drug-likeness (QED) is 0.527. The second-order valence-corrected chi connectivity index (χ2v) is 7.77. The topological polar surface area (TPSA) is 67.8 Å². The molecule has 1 heterocycles. The molecule has 0 unspecified atom stereocenters. The van der Waals surface area contributed by atoms with Crippen LogP contribution < -0.4 is 5.32 Å². The molecule has 1 N–H and O–H groups in total. The number of aliphatic imine (C=N–C) groups is 1. The predicted octanol–water partition coefficient (Wildman–Crippen LogP) is 5.16. The van der Waals surface area contributed by atoms with Gasteiger partial charge in [-0.05, 0) is 42.3 Å². The third-order valence-electron chi connectivity index (χ3n) is 5.08. The van der Waals surface area contributed by atoms with Crippen LogP contribution in [0.4, 0.5) is 10.1 Å². The zero-order valence-electron chi connectivity index (χ0n) is 17.1. The van der Waals surface area contributed by atoms with E-state index in [4.69, 9.17) is 16.3 Å². The highest BCUT2D eigenvalue weighted by molar-refractivity contribution is 6.32. The highest BCUT2D eigenvalue weighted by Gasteiger charge is 2.27. The lowest BCUT2D eigenvalue weighted by Crippen LogP contribution is -2.26. The number of carbonyl (C=O) groups is 2. The molecule has 4 rings (SSSR count). The fourth-order valence-electron chi connectivity index (χ4n) is 3.45. The Morgan fingerprint density at radius 2 is 1.78 bits per heavy atom. The Morgan fingerprint density at radius 1 is 1.03 bits per heavy atom. The molecule has 3 aromatic carbocycles. The third kappa shape index (κ3) is 5.03. The first-order chi connectivity index (χ1) is 15.5. The normalized spacial score (nSPS) is 15.2. The van der Waals surface area contributed by atoms with Crippen molar-refractivity contribution in [2.75, 3.05) is 5.32 Å². The minimum atomic E-state index is -0.889. The average molecular weight is 451 g/mol. The van der Waals surface area contributed by atoms with Crippen LogP contribution in [0.5, 0.6) is 0 Å². The summed E-state index contributed by atoms with van der Waals surface area (Å²) in [4.78, 5) is 29.6. The number of anilines is 1. The largest absolute Gasteiger partial charge is 0.461 e. The fourth-order valence-corrected chi connectivity index (χ4v) is 3.62. The molecule has 0 aromatic heterocycles. The van der Waals surface area contributed by atoms with Crippen molar-refractivity contribution in [2.45, 2.75) is 25.5 Å². The lowest BCUT2D eigenvalue weighted by atomic mass is 10.00. The average Bonchev–Trinajstić information content (AvgIpc) is 2.93. The molecule has 1 atom stereocenters. The number of carbonyl (C=O) groups excluding carboxylic acids is 2. The maximum absolute atomic E-state index is 14.6. The van der Waals surface area contributed by atoms with Crippen molar-refractivity contribution < 1.29 is 18.7 Å². The van der Waals surface area contributed by atoms with Gasteiger partial charge in [0.1, 0.15) is 18.5 Å². The molecule has 5 nitrogen and oxygen atoms in total. The van der Waals surface area contributed by atoms with Gasteiger partial charge in [0.05, 0.1) is 11.4 Å². The summed E-state index contributed by atoms with van der Waals surface area (Å²) in [5.41, 5.74) is 2.44. The minimum Gasteiger partial charge on any atom is -0.461 e. The van der Waals surface area contributed by atoms with Crippen LogP contribution in [0, 0.1) is 5.82 Å². The summed E-state index contributed by atoms with van der Waals surface area (Å²) < 4.78 is 19.9. The summed E-state index contributed by atoms with van der Waals surface area (Å²) in [6, 6.07) is 19.6. The van der Waals surface area contributed by atoms with E-state index in [-0.39, 0.29) is 30.9 Å². The fraction of sp³-hybridized carbons (Fsp3) is 0.160. The Bertz CT molecular complexity index is 1180. The van der Waals surface area contributed by atoms with E-state index in [0.29, 0.717) is 22.0 Å². The van der Waals surface area contributed by atoms with Crippen LogP contribution in [0.3, 0.4) is 0 Å². The van der Waals surface area contributed by atoms with Gasteiger partial charge in [0.2, 0.25) is 5.91 Å². The molecule has 162 valence electrons. The molecule has 32 heavy (non-hydrogen) atoms. The SMILES string of the molecule is O=C(CC[C@@H]1N=C(c2ccccc2F)c2cc(Cl)ccc2NC1=O)OCc1ccccc1. The second kappa shape index (κ2) is 9.75. The number of nitrogens with zero attached hydrogens (tertiary/aromatic N) is 1. The molecule has 3 aromatic rings. The highest BCUT2D eigenvalue weighted by Crippen LogP contribution is 2.29. The highest BCUT2D eigenvalue weighted by atomic mass is 35.5. The number of rotatable bonds is 6. The molecule has 7 heteroatoms. The summed E-state index contributed by atoms with van der Waals surface area (Å²) in [5, 5.41) is 3.25. The molecule has 1 amide bonds. The van der Waals surface area contributed by atoms with Crippen molar-refractivity contribution in [1.82, 2.24) is 0 Å². The van der Waals surface area contributed by atoms with Crippen LogP contribution in [-0.4, -0.2) is 23.6 Å². The first-order valence-corrected chi connectivity index (χ1v) is 10.5. The number of benzene rings is 3. The van der Waals surface area contributed by atoms with Crippen LogP contribution in [-0.2, 0) is 20.9 Å². The molecule has 0 spiro atoms. The summed E-state index contributed by atoms with van der Waals surface area (Å²) in [6.45, 7) is 0.157. The van der Waals surface area contributed by atoms with Crippen molar-refractivity contribution in [3.63, 3.8) is 0 Å². The Labute approximate surface area is 189 Å². The lowest BCUT2D eigenvalue weighted by Gasteiger charge is -2.11. The van der Waals surface area contributed by atoms with E-state index in [1.807, 2.05) is 30.3 Å². The Balaban J connectivity index is 1.56.